The Balaban J connectivity index is 1.22. The third-order valence-corrected chi connectivity index (χ3v) is 10.5. The molecule has 6 heteroatoms. The molecule has 0 spiro atoms. The predicted molar refractivity (Wildman–Crippen MR) is 169 cm³/mol. The molecule has 2 aliphatic carbocycles. The Morgan fingerprint density at radius 2 is 1.60 bits per heavy atom. The van der Waals surface area contributed by atoms with Crippen LogP contribution in [0.25, 0.3) is 16.5 Å². The number of anilines is 1. The minimum absolute atomic E-state index is 0.0663. The second kappa shape index (κ2) is 12.5. The van der Waals surface area contributed by atoms with Crippen LogP contribution in [0, 0.1) is 11.8 Å². The largest absolute Gasteiger partial charge is 0.372 e. The summed E-state index contributed by atoms with van der Waals surface area (Å²) in [6.07, 6.45) is 16.6. The average Bonchev–Trinajstić information content (AvgIpc) is 3.70. The highest BCUT2D eigenvalue weighted by molar-refractivity contribution is 5.93. The number of benzene rings is 2. The van der Waals surface area contributed by atoms with Crippen LogP contribution in [0.15, 0.2) is 48.2 Å². The summed E-state index contributed by atoms with van der Waals surface area (Å²) in [5.41, 5.74) is 10.1. The lowest BCUT2D eigenvalue weighted by Crippen LogP contribution is -2.39. The van der Waals surface area contributed by atoms with Crippen LogP contribution < -0.4 is 4.90 Å². The van der Waals surface area contributed by atoms with Crippen LogP contribution in [0.2, 0.25) is 0 Å². The van der Waals surface area contributed by atoms with E-state index in [0.717, 1.165) is 51.8 Å². The monoisotopic (exact) mass is 569 g/mol. The molecular formula is C36H47N3O3. The van der Waals surface area contributed by atoms with Gasteiger partial charge in [-0.25, -0.2) is 4.68 Å². The molecule has 7 rings (SSSR count). The van der Waals surface area contributed by atoms with Crippen LogP contribution in [-0.4, -0.2) is 50.0 Å². The van der Waals surface area contributed by atoms with Gasteiger partial charge in [-0.05, 0) is 111 Å². The first kappa shape index (κ1) is 28.1. The summed E-state index contributed by atoms with van der Waals surface area (Å²) in [6, 6.07) is 14.3. The molecule has 2 aliphatic heterocycles. The molecule has 1 unspecified atom stereocenters. The Kier molecular flexibility index (Phi) is 8.38. The van der Waals surface area contributed by atoms with Gasteiger partial charge in [-0.15, -0.1) is 0 Å². The number of rotatable bonds is 7. The van der Waals surface area contributed by atoms with E-state index in [1.165, 1.54) is 83.8 Å². The standard InChI is InChI=1S/C36H47N3O3/c1-40-36(41-2)27-19-21-38(22-20-27)28-15-13-26(14-16-28)35-29(25-8-3-4-9-25)10-7-11-30-31(35)17-18-33-32(30)24-37-39(33)34-12-5-6-23-42-34/h13-18,24-25,27,34,36H,3-12,19-23H2,1-2H3. The molecule has 6 nitrogen and oxygen atoms in total. The lowest BCUT2D eigenvalue weighted by Gasteiger charge is -2.36. The Labute approximate surface area is 251 Å². The molecule has 3 heterocycles. The molecule has 3 fully saturated rings. The molecule has 42 heavy (non-hydrogen) atoms. The van der Waals surface area contributed by atoms with Gasteiger partial charge in [0, 0.05) is 50.9 Å². The van der Waals surface area contributed by atoms with Crippen molar-refractivity contribution in [1.82, 2.24) is 9.78 Å². The van der Waals surface area contributed by atoms with Gasteiger partial charge >= 0.3 is 0 Å². The van der Waals surface area contributed by atoms with Crippen molar-refractivity contribution in [2.24, 2.45) is 11.8 Å². The highest BCUT2D eigenvalue weighted by Crippen LogP contribution is 2.45. The number of hydrogen-bond acceptors (Lipinski definition) is 5. The lowest BCUT2D eigenvalue weighted by molar-refractivity contribution is -0.141. The fraction of sp³-hybridized carbons (Fsp3) is 0.583. The number of aryl methyl sites for hydroxylation is 1. The van der Waals surface area contributed by atoms with Gasteiger partial charge in [0.1, 0.15) is 0 Å². The highest BCUT2D eigenvalue weighted by atomic mass is 16.7. The highest BCUT2D eigenvalue weighted by Gasteiger charge is 2.30. The number of aromatic nitrogens is 2. The molecule has 0 bridgehead atoms. The number of methoxy groups -OCH3 is 2. The summed E-state index contributed by atoms with van der Waals surface area (Å²) in [7, 11) is 3.50. The van der Waals surface area contributed by atoms with E-state index in [-0.39, 0.29) is 12.5 Å². The van der Waals surface area contributed by atoms with Gasteiger partial charge in [-0.1, -0.05) is 36.6 Å². The normalized spacial score (nSPS) is 22.7. The van der Waals surface area contributed by atoms with Gasteiger partial charge < -0.3 is 19.1 Å². The maximum atomic E-state index is 6.14. The number of fused-ring (bicyclic) bond motifs is 3. The molecule has 0 N–H and O–H groups in total. The van der Waals surface area contributed by atoms with E-state index in [2.05, 4.69) is 52.2 Å². The fourth-order valence-corrected chi connectivity index (χ4v) is 8.35. The van der Waals surface area contributed by atoms with Crippen molar-refractivity contribution in [3.63, 3.8) is 0 Å². The molecule has 224 valence electrons. The van der Waals surface area contributed by atoms with Crippen molar-refractivity contribution < 1.29 is 14.2 Å². The van der Waals surface area contributed by atoms with Crippen molar-refractivity contribution in [3.8, 4) is 0 Å². The number of piperidine rings is 1. The van der Waals surface area contributed by atoms with E-state index < -0.39 is 0 Å². The number of nitrogens with zero attached hydrogens (tertiary/aromatic N) is 3. The van der Waals surface area contributed by atoms with Gasteiger partial charge in [-0.3, -0.25) is 0 Å². The summed E-state index contributed by atoms with van der Waals surface area (Å²) in [5, 5.41) is 6.21. The number of ether oxygens (including phenoxy) is 3. The molecule has 1 saturated carbocycles. The molecule has 1 aromatic heterocycles. The number of allylic oxidation sites excluding steroid dienone is 1. The molecular weight excluding hydrogens is 522 g/mol. The molecule has 4 aliphatic rings. The van der Waals surface area contributed by atoms with Crippen molar-refractivity contribution in [1.29, 1.82) is 0 Å². The summed E-state index contributed by atoms with van der Waals surface area (Å²) < 4.78 is 19.4. The molecule has 0 amide bonds. The Morgan fingerprint density at radius 3 is 2.31 bits per heavy atom. The Hall–Kier alpha value is -2.67. The summed E-state index contributed by atoms with van der Waals surface area (Å²) in [5.74, 6) is 1.18. The van der Waals surface area contributed by atoms with Crippen LogP contribution in [0.3, 0.4) is 0 Å². The quantitative estimate of drug-likeness (QED) is 0.271. The van der Waals surface area contributed by atoms with E-state index in [0.29, 0.717) is 11.8 Å². The van der Waals surface area contributed by atoms with Gasteiger partial charge in [0.05, 0.1) is 11.7 Å². The second-order valence-corrected chi connectivity index (χ2v) is 12.9. The van der Waals surface area contributed by atoms with E-state index in [9.17, 15) is 0 Å². The second-order valence-electron chi connectivity index (χ2n) is 12.9. The van der Waals surface area contributed by atoms with Crippen molar-refractivity contribution >= 4 is 22.2 Å². The van der Waals surface area contributed by atoms with Gasteiger partial charge in [0.25, 0.3) is 0 Å². The fourth-order valence-electron chi connectivity index (χ4n) is 8.35. The minimum Gasteiger partial charge on any atom is -0.372 e. The molecule has 2 aromatic carbocycles. The topological polar surface area (TPSA) is 48.8 Å². The van der Waals surface area contributed by atoms with E-state index in [1.54, 1.807) is 19.8 Å². The zero-order chi connectivity index (χ0) is 28.5. The van der Waals surface area contributed by atoms with E-state index in [1.807, 2.05) is 0 Å². The van der Waals surface area contributed by atoms with Gasteiger partial charge in [0.15, 0.2) is 12.5 Å². The van der Waals surface area contributed by atoms with Crippen LogP contribution >= 0.6 is 0 Å². The first-order valence-corrected chi connectivity index (χ1v) is 16.5. The maximum Gasteiger partial charge on any atom is 0.159 e. The predicted octanol–water partition coefficient (Wildman–Crippen LogP) is 7.90. The van der Waals surface area contributed by atoms with Crippen LogP contribution in [0.1, 0.15) is 93.5 Å². The summed E-state index contributed by atoms with van der Waals surface area (Å²) in [6.45, 7) is 2.92. The SMILES string of the molecule is COC(OC)C1CCN(c2ccc(C3=C(C4CCCC4)CCCc4c3ccc3c4cnn3C3CCCCO3)cc2)CC1. The maximum absolute atomic E-state index is 6.14. The minimum atomic E-state index is -0.0976. The third kappa shape index (κ3) is 5.31. The van der Waals surface area contributed by atoms with Gasteiger partial charge in [0.2, 0.25) is 0 Å². The Bertz CT molecular complexity index is 1390. The lowest BCUT2D eigenvalue weighted by atomic mass is 9.84. The van der Waals surface area contributed by atoms with E-state index >= 15 is 0 Å². The van der Waals surface area contributed by atoms with Crippen LogP contribution in [0.4, 0.5) is 5.69 Å². The van der Waals surface area contributed by atoms with Gasteiger partial charge in [-0.2, -0.15) is 5.10 Å². The number of hydrogen-bond donors (Lipinski definition) is 0. The van der Waals surface area contributed by atoms with Crippen LogP contribution in [-0.2, 0) is 20.6 Å². The zero-order valence-corrected chi connectivity index (χ0v) is 25.5. The smallest absolute Gasteiger partial charge is 0.159 e. The van der Waals surface area contributed by atoms with Crippen molar-refractivity contribution in [2.75, 3.05) is 38.8 Å². The Morgan fingerprint density at radius 1 is 0.833 bits per heavy atom. The van der Waals surface area contributed by atoms with Crippen molar-refractivity contribution in [3.05, 3.63) is 64.9 Å². The van der Waals surface area contributed by atoms with Crippen LogP contribution in [0.5, 0.6) is 0 Å². The molecule has 3 aromatic rings. The summed E-state index contributed by atoms with van der Waals surface area (Å²) in [4.78, 5) is 2.53. The van der Waals surface area contributed by atoms with E-state index in [4.69, 9.17) is 19.3 Å². The zero-order valence-electron chi connectivity index (χ0n) is 25.5. The molecule has 0 radical (unpaired) electrons. The summed E-state index contributed by atoms with van der Waals surface area (Å²) >= 11 is 0. The molecule has 2 saturated heterocycles. The third-order valence-electron chi connectivity index (χ3n) is 10.5. The first-order valence-electron chi connectivity index (χ1n) is 16.5. The molecule has 1 atom stereocenters. The first-order chi connectivity index (χ1) is 20.7. The average molecular weight is 570 g/mol. The van der Waals surface area contributed by atoms with Crippen molar-refractivity contribution in [2.45, 2.75) is 89.6 Å².